The zero-order valence-electron chi connectivity index (χ0n) is 18.2. The molecule has 0 radical (unpaired) electrons. The highest BCUT2D eigenvalue weighted by molar-refractivity contribution is 5.94. The molecule has 0 amide bonds. The summed E-state index contributed by atoms with van der Waals surface area (Å²) in [6, 6.07) is 14.2. The van der Waals surface area contributed by atoms with Crippen molar-refractivity contribution >= 4 is 10.8 Å². The van der Waals surface area contributed by atoms with Crippen LogP contribution in [0.3, 0.4) is 0 Å². The van der Waals surface area contributed by atoms with E-state index in [9.17, 15) is 0 Å². The van der Waals surface area contributed by atoms with Crippen molar-refractivity contribution in [3.8, 4) is 11.3 Å². The minimum absolute atomic E-state index is 0.538. The van der Waals surface area contributed by atoms with Crippen LogP contribution in [0.1, 0.15) is 67.7 Å². The first kappa shape index (κ1) is 19.2. The molecule has 2 aromatic carbocycles. The summed E-state index contributed by atoms with van der Waals surface area (Å²) in [5.41, 5.74) is 8.42. The molecule has 0 saturated heterocycles. The number of aromatic nitrogens is 1. The molecule has 1 aliphatic rings. The second-order valence-corrected chi connectivity index (χ2v) is 9.22. The summed E-state index contributed by atoms with van der Waals surface area (Å²) in [6.07, 6.45) is 9.13. The molecule has 0 spiro atoms. The molecule has 4 rings (SSSR count). The third-order valence-electron chi connectivity index (χ3n) is 6.81. The normalized spacial score (nSPS) is 15.1. The van der Waals surface area contributed by atoms with Gasteiger partial charge in [0, 0.05) is 6.07 Å². The van der Waals surface area contributed by atoms with Gasteiger partial charge in [-0.25, -0.2) is 4.57 Å². The van der Waals surface area contributed by atoms with Crippen molar-refractivity contribution in [1.29, 1.82) is 0 Å². The first-order chi connectivity index (χ1) is 13.4. The molecule has 0 bridgehead atoms. The van der Waals surface area contributed by atoms with Crippen LogP contribution in [0.5, 0.6) is 0 Å². The molecule has 1 aromatic heterocycles. The molecule has 1 heterocycles. The average Bonchev–Trinajstić information content (AvgIpc) is 3.17. The second kappa shape index (κ2) is 7.70. The number of hydrogen-bond acceptors (Lipinski definition) is 0. The Morgan fingerprint density at radius 2 is 1.75 bits per heavy atom. The molecule has 0 unspecified atom stereocenters. The van der Waals surface area contributed by atoms with Crippen molar-refractivity contribution in [2.24, 2.45) is 13.0 Å². The highest BCUT2D eigenvalue weighted by Crippen LogP contribution is 2.34. The molecule has 3 aromatic rings. The summed E-state index contributed by atoms with van der Waals surface area (Å²) < 4.78 is 2.30. The summed E-state index contributed by atoms with van der Waals surface area (Å²) in [4.78, 5) is 0. The third-order valence-corrected chi connectivity index (χ3v) is 6.81. The van der Waals surface area contributed by atoms with Crippen LogP contribution in [-0.2, 0) is 13.5 Å². The molecular weight excluding hydrogens is 338 g/mol. The minimum atomic E-state index is 0.538. The van der Waals surface area contributed by atoms with Gasteiger partial charge in [0.1, 0.15) is 7.05 Å². The fraction of sp³-hybridized carbons (Fsp3) is 0.444. The molecule has 146 valence electrons. The molecule has 28 heavy (non-hydrogen) atoms. The number of nitrogens with zero attached hydrogens (tertiary/aromatic N) is 1. The van der Waals surface area contributed by atoms with E-state index in [2.05, 4.69) is 81.9 Å². The third kappa shape index (κ3) is 3.60. The molecule has 1 nitrogen and oxygen atoms in total. The molecule has 0 atom stereocenters. The van der Waals surface area contributed by atoms with Crippen molar-refractivity contribution in [1.82, 2.24) is 0 Å². The van der Waals surface area contributed by atoms with Crippen LogP contribution in [0.2, 0.25) is 0 Å². The van der Waals surface area contributed by atoms with Crippen LogP contribution in [0.25, 0.3) is 22.0 Å². The van der Waals surface area contributed by atoms with Crippen LogP contribution in [0.4, 0.5) is 0 Å². The number of pyridine rings is 1. The van der Waals surface area contributed by atoms with E-state index < -0.39 is 0 Å². The monoisotopic (exact) mass is 372 g/mol. The van der Waals surface area contributed by atoms with E-state index in [1.54, 1.807) is 0 Å². The quantitative estimate of drug-likeness (QED) is 0.443. The summed E-state index contributed by atoms with van der Waals surface area (Å²) >= 11 is 0. The molecule has 1 fully saturated rings. The minimum Gasteiger partial charge on any atom is -0.200 e. The maximum atomic E-state index is 2.44. The number of rotatable bonds is 4. The predicted molar refractivity (Wildman–Crippen MR) is 120 cm³/mol. The lowest BCUT2D eigenvalue weighted by molar-refractivity contribution is -0.659. The van der Waals surface area contributed by atoms with E-state index in [1.807, 2.05) is 0 Å². The lowest BCUT2D eigenvalue weighted by atomic mass is 9.90. The molecule has 0 N–H and O–H groups in total. The van der Waals surface area contributed by atoms with Crippen molar-refractivity contribution in [3.05, 3.63) is 64.8 Å². The van der Waals surface area contributed by atoms with E-state index in [0.29, 0.717) is 5.92 Å². The van der Waals surface area contributed by atoms with Gasteiger partial charge in [0.05, 0.1) is 10.9 Å². The number of fused-ring (bicyclic) bond motifs is 1. The maximum absolute atomic E-state index is 2.44. The lowest BCUT2D eigenvalue weighted by Crippen LogP contribution is -2.31. The van der Waals surface area contributed by atoms with Gasteiger partial charge in [-0.05, 0) is 71.9 Å². The van der Waals surface area contributed by atoms with Gasteiger partial charge in [0.15, 0.2) is 6.20 Å². The largest absolute Gasteiger partial charge is 0.220 e. The molecule has 1 aliphatic carbocycles. The number of aryl methyl sites for hydroxylation is 2. The Morgan fingerprint density at radius 1 is 1.00 bits per heavy atom. The van der Waals surface area contributed by atoms with Gasteiger partial charge in [0.2, 0.25) is 5.69 Å². The van der Waals surface area contributed by atoms with Crippen molar-refractivity contribution < 1.29 is 4.57 Å². The van der Waals surface area contributed by atoms with Crippen LogP contribution in [0, 0.1) is 19.8 Å². The smallest absolute Gasteiger partial charge is 0.200 e. The van der Waals surface area contributed by atoms with Crippen LogP contribution < -0.4 is 4.57 Å². The summed E-state index contributed by atoms with van der Waals surface area (Å²) in [6.45, 7) is 9.08. The average molecular weight is 373 g/mol. The zero-order valence-corrected chi connectivity index (χ0v) is 18.2. The van der Waals surface area contributed by atoms with Gasteiger partial charge >= 0.3 is 0 Å². The maximum Gasteiger partial charge on any atom is 0.220 e. The van der Waals surface area contributed by atoms with Gasteiger partial charge in [0.25, 0.3) is 0 Å². The van der Waals surface area contributed by atoms with Gasteiger partial charge in [-0.1, -0.05) is 57.7 Å². The van der Waals surface area contributed by atoms with Crippen LogP contribution >= 0.6 is 0 Å². The Balaban J connectivity index is 1.84. The second-order valence-electron chi connectivity index (χ2n) is 9.22. The van der Waals surface area contributed by atoms with Gasteiger partial charge in [-0.15, -0.1) is 0 Å². The molecular formula is C27H34N+. The lowest BCUT2D eigenvalue weighted by Gasteiger charge is -2.15. The number of benzene rings is 2. The first-order valence-electron chi connectivity index (χ1n) is 11.0. The van der Waals surface area contributed by atoms with Crippen LogP contribution in [-0.4, -0.2) is 0 Å². The van der Waals surface area contributed by atoms with Crippen molar-refractivity contribution in [2.75, 3.05) is 0 Å². The topological polar surface area (TPSA) is 3.88 Å². The fourth-order valence-electron chi connectivity index (χ4n) is 4.90. The Bertz CT molecular complexity index is 1010. The predicted octanol–water partition coefficient (Wildman–Crippen LogP) is 6.80. The molecule has 1 saturated carbocycles. The fourth-order valence-corrected chi connectivity index (χ4v) is 4.90. The van der Waals surface area contributed by atoms with Crippen LogP contribution in [0.15, 0.2) is 42.6 Å². The van der Waals surface area contributed by atoms with Gasteiger partial charge in [-0.3, -0.25) is 0 Å². The van der Waals surface area contributed by atoms with Crippen molar-refractivity contribution in [3.63, 3.8) is 0 Å². The SMILES string of the molecule is Cc1cc(C(C)C)cc(-c2c3ccc(CC4CCCC4)cc3cc[n+]2C)c1C. The highest BCUT2D eigenvalue weighted by atomic mass is 14.9. The number of hydrogen-bond donors (Lipinski definition) is 0. The Hall–Kier alpha value is -2.15. The van der Waals surface area contributed by atoms with Gasteiger partial charge < -0.3 is 0 Å². The van der Waals surface area contributed by atoms with E-state index in [0.717, 1.165) is 5.92 Å². The van der Waals surface area contributed by atoms with Crippen molar-refractivity contribution in [2.45, 2.75) is 65.7 Å². The van der Waals surface area contributed by atoms with E-state index in [1.165, 1.54) is 76.4 Å². The highest BCUT2D eigenvalue weighted by Gasteiger charge is 2.20. The van der Waals surface area contributed by atoms with E-state index in [-0.39, 0.29) is 0 Å². The first-order valence-corrected chi connectivity index (χ1v) is 11.0. The Morgan fingerprint density at radius 3 is 2.46 bits per heavy atom. The van der Waals surface area contributed by atoms with Gasteiger partial charge in [-0.2, -0.15) is 0 Å². The Labute approximate surface area is 170 Å². The van der Waals surface area contributed by atoms with E-state index >= 15 is 0 Å². The molecule has 1 heteroatoms. The van der Waals surface area contributed by atoms with E-state index in [4.69, 9.17) is 0 Å². The summed E-state index contributed by atoms with van der Waals surface area (Å²) in [5, 5.41) is 2.74. The zero-order chi connectivity index (χ0) is 19.8. The summed E-state index contributed by atoms with van der Waals surface area (Å²) in [5.74, 6) is 1.43. The standard InChI is InChI=1S/C27H34N/c1-18(2)24-14-19(3)20(4)26(17-24)27-25-11-10-22(15-21-8-6-7-9-21)16-23(25)12-13-28(27)5/h10-14,16-18,21H,6-9,15H2,1-5H3/q+1. The summed E-state index contributed by atoms with van der Waals surface area (Å²) in [7, 11) is 2.18. The Kier molecular flexibility index (Phi) is 5.27. The molecule has 0 aliphatic heterocycles.